The number of rotatable bonds is 1. The van der Waals surface area contributed by atoms with Crippen LogP contribution in [0, 0.1) is 6.92 Å². The molecule has 94 valence electrons. The molecule has 2 aromatic carbocycles. The average molecular weight is 289 g/mol. The Morgan fingerprint density at radius 3 is 2.37 bits per heavy atom. The Morgan fingerprint density at radius 1 is 1.05 bits per heavy atom. The summed E-state index contributed by atoms with van der Waals surface area (Å²) in [7, 11) is 0. The zero-order valence-electron chi connectivity index (χ0n) is 10.1. The number of hydrogen-bond donors (Lipinski definition) is 0. The maximum atomic E-state index is 12.4. The van der Waals surface area contributed by atoms with Gasteiger partial charge in [0, 0.05) is 25.7 Å². The summed E-state index contributed by atoms with van der Waals surface area (Å²) in [5, 5.41) is 0.835. The van der Waals surface area contributed by atoms with Crippen LogP contribution in [0.5, 0.6) is 0 Å². The number of hydrogen-bond acceptors (Lipinski definition) is 3. The highest BCUT2D eigenvalue weighted by atomic mass is 35.5. The molecule has 1 heterocycles. The number of carbonyl (C=O) groups is 1. The standard InChI is InChI=1S/C15H9ClO2S/c1-8-2-4-10-12(6-8)19-13-7-9(15(16)18)3-5-11(13)14(10)17/h2-7H,1H3. The highest BCUT2D eigenvalue weighted by Gasteiger charge is 2.09. The quantitative estimate of drug-likeness (QED) is 0.499. The van der Waals surface area contributed by atoms with Gasteiger partial charge in [-0.1, -0.05) is 6.07 Å². The number of benzene rings is 2. The van der Waals surface area contributed by atoms with Crippen molar-refractivity contribution in [2.45, 2.75) is 6.92 Å². The minimum absolute atomic E-state index is 0.00248. The number of halogens is 1. The summed E-state index contributed by atoms with van der Waals surface area (Å²) in [5.41, 5.74) is 1.52. The van der Waals surface area contributed by atoms with E-state index in [9.17, 15) is 9.59 Å². The molecule has 0 atom stereocenters. The Labute approximate surface area is 118 Å². The van der Waals surface area contributed by atoms with E-state index in [0.717, 1.165) is 15.0 Å². The topological polar surface area (TPSA) is 34.1 Å². The summed E-state index contributed by atoms with van der Waals surface area (Å²) < 4.78 is 1.71. The van der Waals surface area contributed by atoms with E-state index in [1.807, 2.05) is 25.1 Å². The predicted octanol–water partition coefficient (Wildman–Crippen LogP) is 4.10. The molecule has 3 aromatic rings. The Morgan fingerprint density at radius 2 is 1.68 bits per heavy atom. The van der Waals surface area contributed by atoms with Crippen LogP contribution in [0.25, 0.3) is 20.2 Å². The third-order valence-corrected chi connectivity index (χ3v) is 4.39. The molecular weight excluding hydrogens is 280 g/mol. The molecule has 0 N–H and O–H groups in total. The van der Waals surface area contributed by atoms with Gasteiger partial charge in [0.1, 0.15) is 0 Å². The molecule has 0 unspecified atom stereocenters. The van der Waals surface area contributed by atoms with E-state index in [1.54, 1.807) is 18.2 Å². The summed E-state index contributed by atoms with van der Waals surface area (Å²) in [6, 6.07) is 10.7. The van der Waals surface area contributed by atoms with Crippen molar-refractivity contribution in [3.8, 4) is 0 Å². The largest absolute Gasteiger partial charge is 0.289 e. The van der Waals surface area contributed by atoms with Gasteiger partial charge in [0.2, 0.25) is 0 Å². The van der Waals surface area contributed by atoms with E-state index in [-0.39, 0.29) is 5.43 Å². The predicted molar refractivity (Wildman–Crippen MR) is 80.5 cm³/mol. The molecule has 2 nitrogen and oxygen atoms in total. The molecule has 0 aliphatic heterocycles. The van der Waals surface area contributed by atoms with Gasteiger partial charge < -0.3 is 0 Å². The third kappa shape index (κ3) is 2.05. The molecule has 0 saturated carbocycles. The molecule has 0 spiro atoms. The van der Waals surface area contributed by atoms with E-state index in [1.165, 1.54) is 11.3 Å². The zero-order chi connectivity index (χ0) is 13.6. The van der Waals surface area contributed by atoms with Crippen molar-refractivity contribution >= 4 is 48.4 Å². The van der Waals surface area contributed by atoms with Crippen LogP contribution in [0.2, 0.25) is 0 Å². The monoisotopic (exact) mass is 288 g/mol. The van der Waals surface area contributed by atoms with Gasteiger partial charge in [0.05, 0.1) is 0 Å². The maximum absolute atomic E-state index is 12.4. The fourth-order valence-electron chi connectivity index (χ4n) is 2.08. The van der Waals surface area contributed by atoms with Crippen LogP contribution in [0.1, 0.15) is 15.9 Å². The molecule has 0 aliphatic carbocycles. The van der Waals surface area contributed by atoms with Crippen molar-refractivity contribution in [1.29, 1.82) is 0 Å². The molecule has 1 aromatic heterocycles. The molecule has 4 heteroatoms. The van der Waals surface area contributed by atoms with E-state index in [4.69, 9.17) is 11.6 Å². The summed E-state index contributed by atoms with van der Waals surface area (Å²) in [5.74, 6) is 0. The fraction of sp³-hybridized carbons (Fsp3) is 0.0667. The lowest BCUT2D eigenvalue weighted by Gasteiger charge is -2.03. The first kappa shape index (κ1) is 12.3. The molecule has 0 saturated heterocycles. The SMILES string of the molecule is Cc1ccc2c(=O)c3ccc(C(=O)Cl)cc3sc2c1. The van der Waals surface area contributed by atoms with Crippen molar-refractivity contribution in [2.24, 2.45) is 0 Å². The highest BCUT2D eigenvalue weighted by molar-refractivity contribution is 7.24. The van der Waals surface area contributed by atoms with Crippen LogP contribution in [-0.4, -0.2) is 5.24 Å². The lowest BCUT2D eigenvalue weighted by molar-refractivity contribution is 0.108. The van der Waals surface area contributed by atoms with Crippen LogP contribution in [0.3, 0.4) is 0 Å². The van der Waals surface area contributed by atoms with Crippen molar-refractivity contribution < 1.29 is 4.79 Å². The average Bonchev–Trinajstić information content (AvgIpc) is 2.37. The Hall–Kier alpha value is -1.71. The molecule has 0 fully saturated rings. The van der Waals surface area contributed by atoms with Gasteiger partial charge in [-0.3, -0.25) is 9.59 Å². The first-order valence-electron chi connectivity index (χ1n) is 5.73. The minimum atomic E-state index is -0.508. The van der Waals surface area contributed by atoms with Gasteiger partial charge in [0.25, 0.3) is 5.24 Å². The summed E-state index contributed by atoms with van der Waals surface area (Å²) >= 11 is 6.97. The van der Waals surface area contributed by atoms with Gasteiger partial charge in [-0.15, -0.1) is 11.3 Å². The second-order valence-electron chi connectivity index (χ2n) is 4.42. The lowest BCUT2D eigenvalue weighted by Crippen LogP contribution is -2.01. The summed E-state index contributed by atoms with van der Waals surface area (Å²) in [6.07, 6.45) is 0. The van der Waals surface area contributed by atoms with Crippen LogP contribution in [-0.2, 0) is 0 Å². The molecule has 0 aliphatic rings. The van der Waals surface area contributed by atoms with Crippen molar-refractivity contribution in [3.63, 3.8) is 0 Å². The molecule has 3 rings (SSSR count). The second kappa shape index (κ2) is 4.44. The van der Waals surface area contributed by atoms with Crippen molar-refractivity contribution in [3.05, 3.63) is 57.7 Å². The van der Waals surface area contributed by atoms with Gasteiger partial charge in [-0.05, 0) is 54.4 Å². The Bertz CT molecular complexity index is 880. The minimum Gasteiger partial charge on any atom is -0.289 e. The zero-order valence-corrected chi connectivity index (χ0v) is 11.6. The summed E-state index contributed by atoms with van der Waals surface area (Å²) in [6.45, 7) is 1.99. The lowest BCUT2D eigenvalue weighted by atomic mass is 10.1. The van der Waals surface area contributed by atoms with E-state index >= 15 is 0 Å². The van der Waals surface area contributed by atoms with Gasteiger partial charge >= 0.3 is 0 Å². The number of fused-ring (bicyclic) bond motifs is 2. The molecular formula is C15H9ClO2S. The third-order valence-electron chi connectivity index (χ3n) is 3.05. The normalized spacial score (nSPS) is 11.1. The maximum Gasteiger partial charge on any atom is 0.252 e. The van der Waals surface area contributed by atoms with Crippen LogP contribution in [0.15, 0.2) is 41.2 Å². The van der Waals surface area contributed by atoms with Crippen molar-refractivity contribution in [1.82, 2.24) is 0 Å². The summed E-state index contributed by atoms with van der Waals surface area (Å²) in [4.78, 5) is 23.6. The second-order valence-corrected chi connectivity index (χ2v) is 5.84. The molecule has 19 heavy (non-hydrogen) atoms. The first-order valence-corrected chi connectivity index (χ1v) is 6.93. The molecule has 0 amide bonds. The smallest absolute Gasteiger partial charge is 0.252 e. The van der Waals surface area contributed by atoms with E-state index in [2.05, 4.69) is 0 Å². The van der Waals surface area contributed by atoms with Crippen LogP contribution >= 0.6 is 22.9 Å². The number of carbonyl (C=O) groups excluding carboxylic acids is 1. The highest BCUT2D eigenvalue weighted by Crippen LogP contribution is 2.26. The molecule has 0 bridgehead atoms. The Balaban J connectivity index is 2.46. The fourth-order valence-corrected chi connectivity index (χ4v) is 3.41. The Kier molecular flexibility index (Phi) is 2.88. The molecule has 0 radical (unpaired) electrons. The van der Waals surface area contributed by atoms with Crippen LogP contribution in [0.4, 0.5) is 0 Å². The van der Waals surface area contributed by atoms with Gasteiger partial charge in [-0.25, -0.2) is 0 Å². The van der Waals surface area contributed by atoms with Gasteiger partial charge in [0.15, 0.2) is 5.43 Å². The van der Waals surface area contributed by atoms with Crippen molar-refractivity contribution in [2.75, 3.05) is 0 Å². The first-order chi connectivity index (χ1) is 9.06. The van der Waals surface area contributed by atoms with E-state index in [0.29, 0.717) is 16.3 Å². The number of aryl methyl sites for hydroxylation is 1. The van der Waals surface area contributed by atoms with Crippen LogP contribution < -0.4 is 5.43 Å². The van der Waals surface area contributed by atoms with Gasteiger partial charge in [-0.2, -0.15) is 0 Å². The van der Waals surface area contributed by atoms with E-state index < -0.39 is 5.24 Å².